The van der Waals surface area contributed by atoms with E-state index in [0.29, 0.717) is 12.3 Å². The fourth-order valence-electron chi connectivity index (χ4n) is 1.44. The summed E-state index contributed by atoms with van der Waals surface area (Å²) in [5.74, 6) is -0.466. The van der Waals surface area contributed by atoms with Crippen molar-refractivity contribution < 1.29 is 14.6 Å². The van der Waals surface area contributed by atoms with Crippen LogP contribution in [0.4, 0.5) is 0 Å². The Morgan fingerprint density at radius 1 is 1.58 bits per heavy atom. The molecule has 0 amide bonds. The van der Waals surface area contributed by atoms with Crippen LogP contribution in [0.2, 0.25) is 0 Å². The Balaban J connectivity index is 2.24. The second kappa shape index (κ2) is 4.42. The molecule has 1 rings (SSSR count). The predicted molar refractivity (Wildman–Crippen MR) is 43.8 cm³/mol. The number of aliphatic carboxylic acids is 1. The standard InChI is InChI=1S/C8H15NO3/c9-7(8(10)11)5-6-1-3-12-4-2-6/h6-7H,1-5,9H2,(H,10,11)/t7-/m0/s1. The minimum Gasteiger partial charge on any atom is -0.480 e. The van der Waals surface area contributed by atoms with Crippen molar-refractivity contribution in [3.63, 3.8) is 0 Å². The van der Waals surface area contributed by atoms with Crippen molar-refractivity contribution in [3.8, 4) is 0 Å². The summed E-state index contributed by atoms with van der Waals surface area (Å²) in [6, 6.07) is -0.701. The van der Waals surface area contributed by atoms with Crippen LogP contribution in [0.3, 0.4) is 0 Å². The van der Waals surface area contributed by atoms with Crippen LogP contribution in [-0.2, 0) is 9.53 Å². The zero-order valence-corrected chi connectivity index (χ0v) is 7.03. The molecule has 0 bridgehead atoms. The molecule has 1 aliphatic heterocycles. The highest BCUT2D eigenvalue weighted by Gasteiger charge is 2.20. The van der Waals surface area contributed by atoms with E-state index in [1.807, 2.05) is 0 Å². The van der Waals surface area contributed by atoms with E-state index in [-0.39, 0.29) is 0 Å². The van der Waals surface area contributed by atoms with E-state index in [1.54, 1.807) is 0 Å². The van der Waals surface area contributed by atoms with Crippen LogP contribution in [0, 0.1) is 5.92 Å². The summed E-state index contributed by atoms with van der Waals surface area (Å²) in [4.78, 5) is 10.4. The molecule has 0 unspecified atom stereocenters. The highest BCUT2D eigenvalue weighted by atomic mass is 16.5. The number of nitrogens with two attached hydrogens (primary N) is 1. The van der Waals surface area contributed by atoms with E-state index in [9.17, 15) is 4.79 Å². The molecule has 0 radical (unpaired) electrons. The average molecular weight is 173 g/mol. The molecule has 1 heterocycles. The molecule has 0 saturated carbocycles. The molecule has 0 aromatic heterocycles. The molecule has 1 saturated heterocycles. The van der Waals surface area contributed by atoms with E-state index in [4.69, 9.17) is 15.6 Å². The Morgan fingerprint density at radius 2 is 2.17 bits per heavy atom. The van der Waals surface area contributed by atoms with Crippen molar-refractivity contribution in [2.75, 3.05) is 13.2 Å². The first-order chi connectivity index (χ1) is 5.70. The number of carboxylic acid groups (broad SMARTS) is 1. The maximum absolute atomic E-state index is 10.4. The van der Waals surface area contributed by atoms with Crippen LogP contribution in [0.1, 0.15) is 19.3 Å². The number of ether oxygens (including phenoxy) is 1. The highest BCUT2D eigenvalue weighted by molar-refractivity contribution is 5.73. The van der Waals surface area contributed by atoms with Crippen LogP contribution in [-0.4, -0.2) is 30.3 Å². The molecule has 1 fully saturated rings. The molecule has 4 heteroatoms. The Bertz CT molecular complexity index is 154. The summed E-state index contributed by atoms with van der Waals surface area (Å²) in [6.45, 7) is 1.49. The van der Waals surface area contributed by atoms with E-state index in [1.165, 1.54) is 0 Å². The van der Waals surface area contributed by atoms with Gasteiger partial charge in [0, 0.05) is 13.2 Å². The van der Waals surface area contributed by atoms with E-state index < -0.39 is 12.0 Å². The van der Waals surface area contributed by atoms with Gasteiger partial charge in [0.1, 0.15) is 6.04 Å². The summed E-state index contributed by atoms with van der Waals surface area (Å²) < 4.78 is 5.15. The summed E-state index contributed by atoms with van der Waals surface area (Å²) >= 11 is 0. The molecule has 0 aromatic rings. The number of carboxylic acids is 1. The van der Waals surface area contributed by atoms with Gasteiger partial charge in [-0.2, -0.15) is 0 Å². The average Bonchev–Trinajstić information content (AvgIpc) is 2.06. The van der Waals surface area contributed by atoms with Crippen LogP contribution >= 0.6 is 0 Å². The largest absolute Gasteiger partial charge is 0.480 e. The van der Waals surface area contributed by atoms with Gasteiger partial charge in [0.2, 0.25) is 0 Å². The van der Waals surface area contributed by atoms with Gasteiger partial charge in [-0.15, -0.1) is 0 Å². The molecular formula is C8H15NO3. The number of carbonyl (C=O) groups is 1. The number of hydrogen-bond acceptors (Lipinski definition) is 3. The number of rotatable bonds is 3. The zero-order chi connectivity index (χ0) is 8.97. The van der Waals surface area contributed by atoms with Crippen molar-refractivity contribution in [2.45, 2.75) is 25.3 Å². The Labute approximate surface area is 71.7 Å². The number of hydrogen-bond donors (Lipinski definition) is 2. The lowest BCUT2D eigenvalue weighted by Gasteiger charge is -2.23. The predicted octanol–water partition coefficient (Wildman–Crippen LogP) is 0.215. The van der Waals surface area contributed by atoms with Crippen LogP contribution in [0.25, 0.3) is 0 Å². The topological polar surface area (TPSA) is 72.5 Å². The Kier molecular flexibility index (Phi) is 3.49. The lowest BCUT2D eigenvalue weighted by atomic mass is 9.93. The normalized spacial score (nSPS) is 22.1. The lowest BCUT2D eigenvalue weighted by Crippen LogP contribution is -2.33. The van der Waals surface area contributed by atoms with Crippen LogP contribution < -0.4 is 5.73 Å². The minimum absolute atomic E-state index is 0.435. The monoisotopic (exact) mass is 173 g/mol. The maximum Gasteiger partial charge on any atom is 0.320 e. The maximum atomic E-state index is 10.4. The molecule has 1 aliphatic rings. The van der Waals surface area contributed by atoms with Gasteiger partial charge in [-0.3, -0.25) is 4.79 Å². The first-order valence-electron chi connectivity index (χ1n) is 4.26. The summed E-state index contributed by atoms with van der Waals surface area (Å²) in [7, 11) is 0. The summed E-state index contributed by atoms with van der Waals surface area (Å²) in [5, 5.41) is 8.56. The molecule has 0 aromatic carbocycles. The fraction of sp³-hybridized carbons (Fsp3) is 0.875. The van der Waals surface area contributed by atoms with Crippen molar-refractivity contribution in [1.29, 1.82) is 0 Å². The summed E-state index contributed by atoms with van der Waals surface area (Å²) in [5.41, 5.74) is 5.41. The third kappa shape index (κ3) is 2.79. The second-order valence-corrected chi connectivity index (χ2v) is 3.24. The van der Waals surface area contributed by atoms with Gasteiger partial charge >= 0.3 is 5.97 Å². The molecule has 3 N–H and O–H groups in total. The Morgan fingerprint density at radius 3 is 2.67 bits per heavy atom. The third-order valence-electron chi connectivity index (χ3n) is 2.25. The van der Waals surface area contributed by atoms with Gasteiger partial charge in [-0.05, 0) is 25.2 Å². The van der Waals surface area contributed by atoms with Gasteiger partial charge in [-0.1, -0.05) is 0 Å². The molecule has 70 valence electrons. The van der Waals surface area contributed by atoms with Gasteiger partial charge in [0.15, 0.2) is 0 Å². The minimum atomic E-state index is -0.901. The molecule has 4 nitrogen and oxygen atoms in total. The van der Waals surface area contributed by atoms with E-state index >= 15 is 0 Å². The summed E-state index contributed by atoms with van der Waals surface area (Å²) in [6.07, 6.45) is 2.47. The van der Waals surface area contributed by atoms with Crippen molar-refractivity contribution >= 4 is 5.97 Å². The van der Waals surface area contributed by atoms with Gasteiger partial charge in [-0.25, -0.2) is 0 Å². The SMILES string of the molecule is N[C@@H](CC1CCOCC1)C(=O)O. The van der Waals surface area contributed by atoms with Crippen molar-refractivity contribution in [3.05, 3.63) is 0 Å². The van der Waals surface area contributed by atoms with Crippen molar-refractivity contribution in [1.82, 2.24) is 0 Å². The zero-order valence-electron chi connectivity index (χ0n) is 7.03. The van der Waals surface area contributed by atoms with Crippen LogP contribution in [0.15, 0.2) is 0 Å². The first kappa shape index (κ1) is 9.48. The highest BCUT2D eigenvalue weighted by Crippen LogP contribution is 2.19. The van der Waals surface area contributed by atoms with E-state index in [2.05, 4.69) is 0 Å². The van der Waals surface area contributed by atoms with Crippen molar-refractivity contribution in [2.24, 2.45) is 11.7 Å². The third-order valence-corrected chi connectivity index (χ3v) is 2.25. The molecule has 1 atom stereocenters. The van der Waals surface area contributed by atoms with Gasteiger partial charge in [0.25, 0.3) is 0 Å². The molecule has 0 aliphatic carbocycles. The van der Waals surface area contributed by atoms with Gasteiger partial charge < -0.3 is 15.6 Å². The fourth-order valence-corrected chi connectivity index (χ4v) is 1.44. The van der Waals surface area contributed by atoms with E-state index in [0.717, 1.165) is 26.1 Å². The molecule has 0 spiro atoms. The van der Waals surface area contributed by atoms with Gasteiger partial charge in [0.05, 0.1) is 0 Å². The second-order valence-electron chi connectivity index (χ2n) is 3.24. The molecule has 12 heavy (non-hydrogen) atoms. The molecular weight excluding hydrogens is 158 g/mol. The van der Waals surface area contributed by atoms with Crippen LogP contribution in [0.5, 0.6) is 0 Å². The quantitative estimate of drug-likeness (QED) is 0.640. The first-order valence-corrected chi connectivity index (χ1v) is 4.26. The lowest BCUT2D eigenvalue weighted by molar-refractivity contribution is -0.139. The smallest absolute Gasteiger partial charge is 0.320 e. The Hall–Kier alpha value is -0.610.